The Hall–Kier alpha value is -2.73. The predicted octanol–water partition coefficient (Wildman–Crippen LogP) is 3.43. The summed E-state index contributed by atoms with van der Waals surface area (Å²) in [6, 6.07) is 10.9. The van der Waals surface area contributed by atoms with Gasteiger partial charge >= 0.3 is 0 Å². The zero-order valence-corrected chi connectivity index (χ0v) is 13.8. The van der Waals surface area contributed by atoms with Crippen molar-refractivity contribution in [2.24, 2.45) is 0 Å². The van der Waals surface area contributed by atoms with E-state index in [1.165, 1.54) is 6.33 Å². The maximum absolute atomic E-state index is 12.0. The van der Waals surface area contributed by atoms with Crippen molar-refractivity contribution in [3.05, 3.63) is 53.4 Å². The number of amides is 1. The molecule has 3 rings (SSSR count). The van der Waals surface area contributed by atoms with Gasteiger partial charge in [-0.3, -0.25) is 4.79 Å². The Morgan fingerprint density at radius 1 is 1.21 bits per heavy atom. The third-order valence-electron chi connectivity index (χ3n) is 3.40. The fourth-order valence-electron chi connectivity index (χ4n) is 2.28. The molecule has 1 amide bonds. The molecule has 122 valence electrons. The van der Waals surface area contributed by atoms with Gasteiger partial charge in [-0.25, -0.2) is 15.0 Å². The summed E-state index contributed by atoms with van der Waals surface area (Å²) in [4.78, 5) is 24.6. The molecule has 24 heavy (non-hydrogen) atoms. The van der Waals surface area contributed by atoms with Crippen LogP contribution >= 0.6 is 11.6 Å². The van der Waals surface area contributed by atoms with Crippen molar-refractivity contribution >= 4 is 40.0 Å². The van der Waals surface area contributed by atoms with Crippen LogP contribution < -0.4 is 10.6 Å². The lowest BCUT2D eigenvalue weighted by molar-refractivity contribution is -0.116. The van der Waals surface area contributed by atoms with Gasteiger partial charge < -0.3 is 10.6 Å². The van der Waals surface area contributed by atoms with Crippen molar-refractivity contribution in [2.75, 3.05) is 17.2 Å². The normalized spacial score (nSPS) is 10.6. The Labute approximate surface area is 144 Å². The average molecular weight is 342 g/mol. The summed E-state index contributed by atoms with van der Waals surface area (Å²) in [7, 11) is 0. The van der Waals surface area contributed by atoms with Crippen LogP contribution in [0.15, 0.2) is 42.7 Å². The first-order chi connectivity index (χ1) is 11.6. The molecule has 0 radical (unpaired) electrons. The molecule has 2 N–H and O–H groups in total. The van der Waals surface area contributed by atoms with E-state index in [-0.39, 0.29) is 5.91 Å². The van der Waals surface area contributed by atoms with Gasteiger partial charge in [0, 0.05) is 29.1 Å². The fraction of sp³-hybridized carbons (Fsp3) is 0.176. The lowest BCUT2D eigenvalue weighted by Gasteiger charge is -2.09. The summed E-state index contributed by atoms with van der Waals surface area (Å²) in [5.41, 5.74) is 1.62. The Morgan fingerprint density at radius 3 is 2.92 bits per heavy atom. The predicted molar refractivity (Wildman–Crippen MR) is 95.3 cm³/mol. The van der Waals surface area contributed by atoms with Crippen LogP contribution in [0, 0.1) is 6.92 Å². The minimum Gasteiger partial charge on any atom is -0.369 e. The van der Waals surface area contributed by atoms with Gasteiger partial charge in [0.2, 0.25) is 5.91 Å². The monoisotopic (exact) mass is 341 g/mol. The molecule has 0 saturated heterocycles. The number of anilines is 2. The van der Waals surface area contributed by atoms with E-state index in [1.807, 2.05) is 25.1 Å². The molecule has 2 aromatic heterocycles. The second-order valence-corrected chi connectivity index (χ2v) is 5.71. The maximum atomic E-state index is 12.0. The first kappa shape index (κ1) is 16.1. The summed E-state index contributed by atoms with van der Waals surface area (Å²) < 4.78 is 0. The molecule has 2 heterocycles. The second kappa shape index (κ2) is 7.23. The Kier molecular flexibility index (Phi) is 4.86. The van der Waals surface area contributed by atoms with Crippen LogP contribution in [0.1, 0.15) is 12.1 Å². The molecule has 0 spiro atoms. The van der Waals surface area contributed by atoms with E-state index in [0.29, 0.717) is 29.6 Å². The number of carbonyl (C=O) groups is 1. The van der Waals surface area contributed by atoms with Crippen LogP contribution in [0.3, 0.4) is 0 Å². The van der Waals surface area contributed by atoms with Gasteiger partial charge in [-0.1, -0.05) is 17.7 Å². The van der Waals surface area contributed by atoms with Gasteiger partial charge in [0.1, 0.15) is 18.0 Å². The van der Waals surface area contributed by atoms with Gasteiger partial charge in [-0.15, -0.1) is 0 Å². The largest absolute Gasteiger partial charge is 0.369 e. The van der Waals surface area contributed by atoms with Gasteiger partial charge in [-0.2, -0.15) is 0 Å². The zero-order valence-electron chi connectivity index (χ0n) is 13.1. The molecule has 1 aromatic carbocycles. The van der Waals surface area contributed by atoms with Crippen molar-refractivity contribution in [3.8, 4) is 0 Å². The van der Waals surface area contributed by atoms with Crippen LogP contribution in [0.5, 0.6) is 0 Å². The van der Waals surface area contributed by atoms with Crippen LogP contribution in [0.4, 0.5) is 11.6 Å². The Morgan fingerprint density at radius 2 is 2.08 bits per heavy atom. The smallest absolute Gasteiger partial charge is 0.227 e. The lowest BCUT2D eigenvalue weighted by Crippen LogP contribution is -2.17. The highest BCUT2D eigenvalue weighted by Gasteiger charge is 2.06. The second-order valence-electron chi connectivity index (χ2n) is 5.27. The van der Waals surface area contributed by atoms with E-state index in [2.05, 4.69) is 25.6 Å². The van der Waals surface area contributed by atoms with E-state index in [0.717, 1.165) is 16.6 Å². The summed E-state index contributed by atoms with van der Waals surface area (Å²) >= 11 is 5.97. The highest BCUT2D eigenvalue weighted by atomic mass is 35.5. The number of hydrogen-bond acceptors (Lipinski definition) is 5. The fourth-order valence-corrected chi connectivity index (χ4v) is 2.45. The number of rotatable bonds is 5. The molecule has 0 fully saturated rings. The number of fused-ring (bicyclic) bond motifs is 1. The SMILES string of the molecule is Cc1cccc(NC(=O)CCNc2ncnc3cc(Cl)ccc23)n1. The van der Waals surface area contributed by atoms with Crippen molar-refractivity contribution in [3.63, 3.8) is 0 Å². The number of aryl methyl sites for hydroxylation is 1. The van der Waals surface area contributed by atoms with E-state index in [4.69, 9.17) is 11.6 Å². The summed E-state index contributed by atoms with van der Waals surface area (Å²) in [5, 5.41) is 7.42. The molecule has 0 aliphatic carbocycles. The third kappa shape index (κ3) is 3.97. The first-order valence-corrected chi connectivity index (χ1v) is 7.87. The molecule has 0 atom stereocenters. The zero-order chi connectivity index (χ0) is 16.9. The summed E-state index contributed by atoms with van der Waals surface area (Å²) in [5.74, 6) is 1.13. The number of pyridine rings is 1. The number of hydrogen-bond donors (Lipinski definition) is 2. The molecular formula is C17H16ClN5O. The topological polar surface area (TPSA) is 79.8 Å². The van der Waals surface area contributed by atoms with E-state index >= 15 is 0 Å². The highest BCUT2D eigenvalue weighted by molar-refractivity contribution is 6.31. The van der Waals surface area contributed by atoms with Crippen LogP contribution in [-0.2, 0) is 4.79 Å². The molecular weight excluding hydrogens is 326 g/mol. The standard InChI is InChI=1S/C17H16ClN5O/c1-11-3-2-4-15(22-11)23-16(24)7-8-19-17-13-6-5-12(18)9-14(13)20-10-21-17/h2-6,9-10H,7-8H2,1H3,(H,19,20,21)(H,22,23,24). The Bertz CT molecular complexity index is 884. The minimum absolute atomic E-state index is 0.109. The van der Waals surface area contributed by atoms with Crippen LogP contribution in [-0.4, -0.2) is 27.4 Å². The molecule has 0 bridgehead atoms. The van der Waals surface area contributed by atoms with Gasteiger partial charge in [0.25, 0.3) is 0 Å². The quantitative estimate of drug-likeness (QED) is 0.743. The van der Waals surface area contributed by atoms with E-state index in [9.17, 15) is 4.79 Å². The minimum atomic E-state index is -0.109. The molecule has 0 aliphatic rings. The molecule has 0 saturated carbocycles. The van der Waals surface area contributed by atoms with Gasteiger partial charge in [0.15, 0.2) is 0 Å². The highest BCUT2D eigenvalue weighted by Crippen LogP contribution is 2.22. The lowest BCUT2D eigenvalue weighted by atomic mass is 10.2. The van der Waals surface area contributed by atoms with E-state index < -0.39 is 0 Å². The van der Waals surface area contributed by atoms with Crippen LogP contribution in [0.2, 0.25) is 5.02 Å². The molecule has 7 heteroatoms. The molecule has 3 aromatic rings. The summed E-state index contributed by atoms with van der Waals surface area (Å²) in [6.07, 6.45) is 1.77. The summed E-state index contributed by atoms with van der Waals surface area (Å²) in [6.45, 7) is 2.33. The number of carbonyl (C=O) groups excluding carboxylic acids is 1. The van der Waals surface area contributed by atoms with Crippen molar-refractivity contribution in [2.45, 2.75) is 13.3 Å². The number of nitrogens with one attached hydrogen (secondary N) is 2. The Balaban J connectivity index is 1.59. The van der Waals surface area contributed by atoms with Crippen molar-refractivity contribution < 1.29 is 4.79 Å². The van der Waals surface area contributed by atoms with Gasteiger partial charge in [-0.05, 0) is 37.3 Å². The molecule has 6 nitrogen and oxygen atoms in total. The number of benzene rings is 1. The molecule has 0 unspecified atom stereocenters. The van der Waals surface area contributed by atoms with Gasteiger partial charge in [0.05, 0.1) is 5.52 Å². The van der Waals surface area contributed by atoms with E-state index in [1.54, 1.807) is 18.2 Å². The van der Waals surface area contributed by atoms with Crippen molar-refractivity contribution in [1.82, 2.24) is 15.0 Å². The third-order valence-corrected chi connectivity index (χ3v) is 3.63. The first-order valence-electron chi connectivity index (χ1n) is 7.49. The van der Waals surface area contributed by atoms with Crippen LogP contribution in [0.25, 0.3) is 10.9 Å². The number of halogens is 1. The number of nitrogens with zero attached hydrogens (tertiary/aromatic N) is 3. The van der Waals surface area contributed by atoms with Crippen molar-refractivity contribution in [1.29, 1.82) is 0 Å². The number of aromatic nitrogens is 3. The maximum Gasteiger partial charge on any atom is 0.227 e. The average Bonchev–Trinajstić information content (AvgIpc) is 2.54. The molecule has 0 aliphatic heterocycles.